The third kappa shape index (κ3) is 4.27. The molecular weight excluding hydrogens is 295 g/mol. The lowest BCUT2D eigenvalue weighted by atomic mass is 10.3. The van der Waals surface area contributed by atoms with E-state index in [1.807, 2.05) is 6.92 Å². The van der Waals surface area contributed by atoms with Crippen molar-refractivity contribution in [2.24, 2.45) is 0 Å². The van der Waals surface area contributed by atoms with E-state index in [0.717, 1.165) is 6.54 Å². The molecule has 0 aliphatic rings. The topological polar surface area (TPSA) is 59.1 Å². The number of halogens is 2. The maximum Gasteiger partial charge on any atom is 0.158 e. The van der Waals surface area contributed by atoms with Crippen LogP contribution in [0.25, 0.3) is 0 Å². The van der Waals surface area contributed by atoms with Crippen molar-refractivity contribution in [3.8, 4) is 0 Å². The zero-order valence-corrected chi connectivity index (χ0v) is 12.5. The lowest BCUT2D eigenvalue weighted by Crippen LogP contribution is -2.06. The second-order valence-electron chi connectivity index (χ2n) is 4.27. The summed E-state index contributed by atoms with van der Waals surface area (Å²) in [6, 6.07) is 6.15. The summed E-state index contributed by atoms with van der Waals surface area (Å²) in [4.78, 5) is 8.64. The Labute approximate surface area is 127 Å². The molecule has 0 aliphatic heterocycles. The van der Waals surface area contributed by atoms with Gasteiger partial charge in [-0.25, -0.2) is 14.4 Å². The summed E-state index contributed by atoms with van der Waals surface area (Å²) >= 11 is 5.76. The second kappa shape index (κ2) is 7.19. The first kappa shape index (κ1) is 15.5. The Morgan fingerprint density at radius 3 is 2.67 bits per heavy atom. The van der Waals surface area contributed by atoms with Gasteiger partial charge < -0.3 is 15.4 Å². The number of anilines is 3. The molecule has 2 rings (SSSR count). The minimum Gasteiger partial charge on any atom is -0.377 e. The van der Waals surface area contributed by atoms with Gasteiger partial charge >= 0.3 is 0 Å². The SMILES string of the molecule is CCNc1cc(Nc2ccc(F)c(Cl)c2)nc(COC)n1. The number of hydrogen-bond donors (Lipinski definition) is 2. The Morgan fingerprint density at radius 2 is 2.00 bits per heavy atom. The van der Waals surface area contributed by atoms with Gasteiger partial charge in [0, 0.05) is 25.4 Å². The van der Waals surface area contributed by atoms with Crippen molar-refractivity contribution in [3.05, 3.63) is 40.9 Å². The molecule has 0 fully saturated rings. The van der Waals surface area contributed by atoms with Crippen molar-refractivity contribution in [3.63, 3.8) is 0 Å². The highest BCUT2D eigenvalue weighted by atomic mass is 35.5. The van der Waals surface area contributed by atoms with E-state index in [0.29, 0.717) is 29.8 Å². The number of ether oxygens (including phenoxy) is 1. The minimum absolute atomic E-state index is 0.0538. The fraction of sp³-hybridized carbons (Fsp3) is 0.286. The van der Waals surface area contributed by atoms with Gasteiger partial charge in [0.1, 0.15) is 24.1 Å². The van der Waals surface area contributed by atoms with E-state index in [9.17, 15) is 4.39 Å². The first-order valence-electron chi connectivity index (χ1n) is 6.45. The summed E-state index contributed by atoms with van der Waals surface area (Å²) < 4.78 is 18.2. The van der Waals surface area contributed by atoms with Crippen molar-refractivity contribution in [1.29, 1.82) is 0 Å². The maximum absolute atomic E-state index is 13.2. The van der Waals surface area contributed by atoms with Crippen molar-refractivity contribution in [2.45, 2.75) is 13.5 Å². The highest BCUT2D eigenvalue weighted by Crippen LogP contribution is 2.23. The number of hydrogen-bond acceptors (Lipinski definition) is 5. The quantitative estimate of drug-likeness (QED) is 0.854. The zero-order chi connectivity index (χ0) is 15.2. The predicted octanol–water partition coefficient (Wildman–Crippen LogP) is 3.59. The highest BCUT2D eigenvalue weighted by molar-refractivity contribution is 6.31. The van der Waals surface area contributed by atoms with E-state index in [2.05, 4.69) is 20.6 Å². The molecule has 112 valence electrons. The number of methoxy groups -OCH3 is 1. The van der Waals surface area contributed by atoms with Crippen LogP contribution in [0.15, 0.2) is 24.3 Å². The van der Waals surface area contributed by atoms with Gasteiger partial charge in [-0.15, -0.1) is 0 Å². The first-order valence-corrected chi connectivity index (χ1v) is 6.83. The summed E-state index contributed by atoms with van der Waals surface area (Å²) in [6.07, 6.45) is 0. The number of nitrogens with one attached hydrogen (secondary N) is 2. The number of rotatable bonds is 6. The molecule has 2 aromatic rings. The van der Waals surface area contributed by atoms with Crippen molar-refractivity contribution >= 4 is 28.9 Å². The summed E-state index contributed by atoms with van der Waals surface area (Å²) in [5, 5.41) is 6.25. The third-order valence-electron chi connectivity index (χ3n) is 2.60. The molecule has 0 bridgehead atoms. The van der Waals surface area contributed by atoms with Crippen LogP contribution < -0.4 is 10.6 Å². The van der Waals surface area contributed by atoms with Gasteiger partial charge in [0.15, 0.2) is 5.82 Å². The first-order chi connectivity index (χ1) is 10.1. The van der Waals surface area contributed by atoms with Crippen LogP contribution in [0.3, 0.4) is 0 Å². The van der Waals surface area contributed by atoms with E-state index in [-0.39, 0.29) is 5.02 Å². The van der Waals surface area contributed by atoms with E-state index >= 15 is 0 Å². The van der Waals surface area contributed by atoms with E-state index in [4.69, 9.17) is 16.3 Å². The molecule has 2 N–H and O–H groups in total. The Morgan fingerprint density at radius 1 is 1.24 bits per heavy atom. The van der Waals surface area contributed by atoms with Gasteiger partial charge in [0.2, 0.25) is 0 Å². The Hall–Kier alpha value is -1.92. The fourth-order valence-electron chi connectivity index (χ4n) is 1.75. The summed E-state index contributed by atoms with van der Waals surface area (Å²) in [7, 11) is 1.58. The van der Waals surface area contributed by atoms with Crippen molar-refractivity contribution in [2.75, 3.05) is 24.3 Å². The molecule has 1 heterocycles. The fourth-order valence-corrected chi connectivity index (χ4v) is 1.93. The Kier molecular flexibility index (Phi) is 5.30. The van der Waals surface area contributed by atoms with Crippen molar-refractivity contribution in [1.82, 2.24) is 9.97 Å². The molecule has 7 heteroatoms. The molecule has 21 heavy (non-hydrogen) atoms. The lowest BCUT2D eigenvalue weighted by molar-refractivity contribution is 0.178. The average molecular weight is 311 g/mol. The number of benzene rings is 1. The smallest absolute Gasteiger partial charge is 0.158 e. The van der Waals surface area contributed by atoms with E-state index in [1.165, 1.54) is 12.1 Å². The molecule has 5 nitrogen and oxygen atoms in total. The van der Waals surface area contributed by atoms with Crippen LogP contribution in [-0.2, 0) is 11.3 Å². The Bertz CT molecular complexity index is 600. The van der Waals surface area contributed by atoms with Gasteiger partial charge in [-0.3, -0.25) is 0 Å². The molecule has 0 atom stereocenters. The Balaban J connectivity index is 2.26. The molecule has 1 aromatic carbocycles. The van der Waals surface area contributed by atoms with Crippen LogP contribution in [0.4, 0.5) is 21.7 Å². The molecule has 0 unspecified atom stereocenters. The average Bonchev–Trinajstić information content (AvgIpc) is 2.43. The van der Waals surface area contributed by atoms with Crippen LogP contribution in [0.1, 0.15) is 12.7 Å². The number of nitrogens with zero attached hydrogens (tertiary/aromatic N) is 2. The number of aromatic nitrogens is 2. The molecule has 0 amide bonds. The van der Waals surface area contributed by atoms with Crippen LogP contribution in [0.5, 0.6) is 0 Å². The molecule has 0 radical (unpaired) electrons. The zero-order valence-electron chi connectivity index (χ0n) is 11.8. The predicted molar refractivity (Wildman–Crippen MR) is 81.6 cm³/mol. The summed E-state index contributed by atoms with van der Waals surface area (Å²) in [5.41, 5.74) is 0.644. The monoisotopic (exact) mass is 310 g/mol. The molecule has 0 saturated heterocycles. The third-order valence-corrected chi connectivity index (χ3v) is 2.89. The molecule has 1 aromatic heterocycles. The van der Waals surface area contributed by atoms with Gasteiger partial charge in [0.25, 0.3) is 0 Å². The van der Waals surface area contributed by atoms with Crippen LogP contribution >= 0.6 is 11.6 Å². The van der Waals surface area contributed by atoms with Crippen LogP contribution in [-0.4, -0.2) is 23.6 Å². The normalized spacial score (nSPS) is 10.5. The second-order valence-corrected chi connectivity index (χ2v) is 4.68. The van der Waals surface area contributed by atoms with Crippen LogP contribution in [0.2, 0.25) is 5.02 Å². The molecular formula is C14H16ClFN4O. The molecule has 0 saturated carbocycles. The van der Waals surface area contributed by atoms with Crippen LogP contribution in [0, 0.1) is 5.82 Å². The largest absolute Gasteiger partial charge is 0.377 e. The minimum atomic E-state index is -0.460. The van der Waals surface area contributed by atoms with E-state index < -0.39 is 5.82 Å². The molecule has 0 aliphatic carbocycles. The van der Waals surface area contributed by atoms with Gasteiger partial charge in [-0.05, 0) is 25.1 Å². The lowest BCUT2D eigenvalue weighted by Gasteiger charge is -2.10. The maximum atomic E-state index is 13.2. The van der Waals surface area contributed by atoms with Gasteiger partial charge in [0.05, 0.1) is 5.02 Å². The van der Waals surface area contributed by atoms with Gasteiger partial charge in [-0.1, -0.05) is 11.6 Å². The molecule has 0 spiro atoms. The summed E-state index contributed by atoms with van der Waals surface area (Å²) in [6.45, 7) is 3.02. The van der Waals surface area contributed by atoms with Gasteiger partial charge in [-0.2, -0.15) is 0 Å². The van der Waals surface area contributed by atoms with E-state index in [1.54, 1.807) is 19.2 Å². The highest BCUT2D eigenvalue weighted by Gasteiger charge is 2.06. The standard InChI is InChI=1S/C14H16ClFN4O/c1-3-17-12-7-13(20-14(19-12)8-21-2)18-9-4-5-11(16)10(15)6-9/h4-7H,3,8H2,1-2H3,(H2,17,18,19,20). The van der Waals surface area contributed by atoms with Crippen molar-refractivity contribution < 1.29 is 9.13 Å². The summed E-state index contributed by atoms with van der Waals surface area (Å²) in [5.74, 6) is 1.36.